The van der Waals surface area contributed by atoms with E-state index in [1.54, 1.807) is 21.9 Å². The van der Waals surface area contributed by atoms with E-state index in [1.165, 1.54) is 6.20 Å². The third-order valence-corrected chi connectivity index (χ3v) is 5.24. The molecule has 0 aromatic carbocycles. The first-order valence-electron chi connectivity index (χ1n) is 10.4. The zero-order valence-electron chi connectivity index (χ0n) is 17.6. The minimum absolute atomic E-state index is 0.180. The molecule has 2 amide bonds. The number of hydrogen-bond acceptors (Lipinski definition) is 6. The van der Waals surface area contributed by atoms with Crippen LogP contribution in [0, 0.1) is 6.92 Å². The van der Waals surface area contributed by atoms with Gasteiger partial charge in [-0.15, -0.1) is 0 Å². The van der Waals surface area contributed by atoms with Crippen LogP contribution in [0.15, 0.2) is 36.5 Å². The summed E-state index contributed by atoms with van der Waals surface area (Å²) in [6.07, 6.45) is 2.87. The minimum atomic E-state index is -0.390. The minimum Gasteiger partial charge on any atom is -0.447 e. The number of carbonyl (C=O) groups excluding carboxylic acids is 2. The Bertz CT molecular complexity index is 887. The van der Waals surface area contributed by atoms with Gasteiger partial charge in [0.25, 0.3) is 5.91 Å². The maximum atomic E-state index is 12.5. The summed E-state index contributed by atoms with van der Waals surface area (Å²) in [5, 5.41) is 0.185. The lowest BCUT2D eigenvalue weighted by Crippen LogP contribution is -2.50. The first-order chi connectivity index (χ1) is 15.0. The predicted molar refractivity (Wildman–Crippen MR) is 116 cm³/mol. The monoisotopic (exact) mass is 446 g/mol. The molecule has 1 saturated heterocycles. The van der Waals surface area contributed by atoms with Crippen molar-refractivity contribution < 1.29 is 19.1 Å². The van der Waals surface area contributed by atoms with Crippen LogP contribution < -0.4 is 0 Å². The molecule has 0 bridgehead atoms. The number of hydrogen-bond donors (Lipinski definition) is 0. The molecule has 9 heteroatoms. The van der Waals surface area contributed by atoms with Crippen LogP contribution in [0.3, 0.4) is 0 Å². The van der Waals surface area contributed by atoms with Gasteiger partial charge in [-0.3, -0.25) is 9.78 Å². The summed E-state index contributed by atoms with van der Waals surface area (Å²) in [7, 11) is 0. The van der Waals surface area contributed by atoms with Crippen LogP contribution in [-0.2, 0) is 15.9 Å². The zero-order chi connectivity index (χ0) is 22.1. The molecule has 1 fully saturated rings. The van der Waals surface area contributed by atoms with Crippen molar-refractivity contribution in [2.24, 2.45) is 0 Å². The van der Waals surface area contributed by atoms with Crippen LogP contribution in [-0.4, -0.2) is 77.8 Å². The number of aryl methyl sites for hydroxylation is 2. The molecular formula is C22H27ClN4O4. The Hall–Kier alpha value is -2.71. The molecule has 1 aliphatic rings. The lowest BCUT2D eigenvalue weighted by molar-refractivity contribution is 0.0402. The first kappa shape index (κ1) is 23.0. The average molecular weight is 447 g/mol. The molecule has 2 aromatic heterocycles. The molecule has 0 N–H and O–H groups in total. The van der Waals surface area contributed by atoms with Gasteiger partial charge in [0.1, 0.15) is 11.8 Å². The number of aromatic nitrogens is 2. The van der Waals surface area contributed by atoms with E-state index in [2.05, 4.69) is 9.97 Å². The normalized spacial score (nSPS) is 13.9. The Labute approximate surface area is 187 Å². The molecule has 0 unspecified atom stereocenters. The van der Waals surface area contributed by atoms with E-state index in [-0.39, 0.29) is 23.8 Å². The fourth-order valence-electron chi connectivity index (χ4n) is 3.28. The summed E-state index contributed by atoms with van der Waals surface area (Å²) in [4.78, 5) is 36.4. The summed E-state index contributed by atoms with van der Waals surface area (Å²) in [5.74, 6) is -0.180. The molecule has 0 radical (unpaired) electrons. The maximum Gasteiger partial charge on any atom is 0.409 e. The van der Waals surface area contributed by atoms with Crippen LogP contribution in [0.2, 0.25) is 5.15 Å². The number of halogens is 1. The summed E-state index contributed by atoms with van der Waals surface area (Å²) < 4.78 is 10.8. The fourth-order valence-corrected chi connectivity index (χ4v) is 3.48. The zero-order valence-corrected chi connectivity index (χ0v) is 18.4. The summed E-state index contributed by atoms with van der Waals surface area (Å²) >= 11 is 6.00. The van der Waals surface area contributed by atoms with Crippen molar-refractivity contribution in [2.45, 2.75) is 19.8 Å². The van der Waals surface area contributed by atoms with Crippen molar-refractivity contribution in [3.63, 3.8) is 0 Å². The van der Waals surface area contributed by atoms with E-state index < -0.39 is 0 Å². The average Bonchev–Trinajstić information content (AvgIpc) is 2.78. The van der Waals surface area contributed by atoms with Gasteiger partial charge >= 0.3 is 6.09 Å². The second-order valence-corrected chi connectivity index (χ2v) is 7.58. The van der Waals surface area contributed by atoms with Gasteiger partial charge in [-0.2, -0.15) is 0 Å². The van der Waals surface area contributed by atoms with Crippen LogP contribution in [0.5, 0.6) is 0 Å². The Balaban J connectivity index is 1.28. The number of pyridine rings is 2. The summed E-state index contributed by atoms with van der Waals surface area (Å²) in [6.45, 7) is 4.77. The largest absolute Gasteiger partial charge is 0.447 e. The van der Waals surface area contributed by atoms with Crippen LogP contribution in [0.4, 0.5) is 4.79 Å². The number of piperazine rings is 1. The quantitative estimate of drug-likeness (QED) is 0.457. The number of nitrogens with zero attached hydrogens (tertiary/aromatic N) is 4. The molecule has 0 atom stereocenters. The van der Waals surface area contributed by atoms with Gasteiger partial charge in [-0.1, -0.05) is 17.7 Å². The van der Waals surface area contributed by atoms with E-state index in [0.29, 0.717) is 45.0 Å². The number of ether oxygens (including phenoxy) is 2. The Morgan fingerprint density at radius 2 is 1.81 bits per heavy atom. The molecule has 31 heavy (non-hydrogen) atoms. The predicted octanol–water partition coefficient (Wildman–Crippen LogP) is 2.98. The highest BCUT2D eigenvalue weighted by molar-refractivity contribution is 6.32. The second kappa shape index (κ2) is 11.6. The van der Waals surface area contributed by atoms with Crippen molar-refractivity contribution in [3.8, 4) is 0 Å². The molecular weight excluding hydrogens is 420 g/mol. The van der Waals surface area contributed by atoms with E-state index in [1.807, 2.05) is 25.1 Å². The SMILES string of the molecule is Cc1cccc(CCCOCCOC(=O)N2CCN(C(=O)c3cccnc3Cl)CC2)n1. The van der Waals surface area contributed by atoms with Gasteiger partial charge in [-0.05, 0) is 44.0 Å². The van der Waals surface area contributed by atoms with E-state index >= 15 is 0 Å². The molecule has 3 heterocycles. The lowest BCUT2D eigenvalue weighted by atomic mass is 10.2. The van der Waals surface area contributed by atoms with Gasteiger partial charge in [0, 0.05) is 50.4 Å². The van der Waals surface area contributed by atoms with Crippen molar-refractivity contribution >= 4 is 23.6 Å². The Morgan fingerprint density at radius 3 is 2.55 bits per heavy atom. The summed E-state index contributed by atoms with van der Waals surface area (Å²) in [5.41, 5.74) is 2.44. The van der Waals surface area contributed by atoms with E-state index in [4.69, 9.17) is 21.1 Å². The van der Waals surface area contributed by atoms with Gasteiger partial charge in [-0.25, -0.2) is 9.78 Å². The summed E-state index contributed by atoms with van der Waals surface area (Å²) in [6, 6.07) is 9.31. The van der Waals surface area contributed by atoms with E-state index in [9.17, 15) is 9.59 Å². The third-order valence-electron chi connectivity index (χ3n) is 4.94. The molecule has 3 rings (SSSR count). The van der Waals surface area contributed by atoms with Gasteiger partial charge in [0.05, 0.1) is 12.2 Å². The second-order valence-electron chi connectivity index (χ2n) is 7.22. The van der Waals surface area contributed by atoms with Crippen LogP contribution in [0.25, 0.3) is 0 Å². The number of carbonyl (C=O) groups is 2. The number of amides is 2. The lowest BCUT2D eigenvalue weighted by Gasteiger charge is -2.34. The molecule has 2 aromatic rings. The Kier molecular flexibility index (Phi) is 8.61. The standard InChI is InChI=1S/C22H27ClN4O4/c1-17-5-2-6-18(25-17)7-4-14-30-15-16-31-22(29)27-12-10-26(11-13-27)21(28)19-8-3-9-24-20(19)23/h2-3,5-6,8-9H,4,7,10-16H2,1H3. The Morgan fingerprint density at radius 1 is 1.03 bits per heavy atom. The molecule has 0 aliphatic carbocycles. The van der Waals surface area contributed by atoms with E-state index in [0.717, 1.165) is 24.2 Å². The highest BCUT2D eigenvalue weighted by Crippen LogP contribution is 2.16. The highest BCUT2D eigenvalue weighted by atomic mass is 35.5. The third kappa shape index (κ3) is 6.90. The van der Waals surface area contributed by atoms with Crippen molar-refractivity contribution in [1.29, 1.82) is 0 Å². The maximum absolute atomic E-state index is 12.5. The van der Waals surface area contributed by atoms with Gasteiger partial charge in [0.15, 0.2) is 0 Å². The molecule has 8 nitrogen and oxygen atoms in total. The fraction of sp³-hybridized carbons (Fsp3) is 0.455. The van der Waals surface area contributed by atoms with Crippen molar-refractivity contribution in [3.05, 3.63) is 58.6 Å². The first-order valence-corrected chi connectivity index (χ1v) is 10.7. The smallest absolute Gasteiger partial charge is 0.409 e. The van der Waals surface area contributed by atoms with Crippen LogP contribution >= 0.6 is 11.6 Å². The molecule has 166 valence electrons. The van der Waals surface area contributed by atoms with Crippen molar-refractivity contribution in [1.82, 2.24) is 19.8 Å². The van der Waals surface area contributed by atoms with Gasteiger partial charge < -0.3 is 19.3 Å². The highest BCUT2D eigenvalue weighted by Gasteiger charge is 2.26. The van der Waals surface area contributed by atoms with Gasteiger partial charge in [0.2, 0.25) is 0 Å². The van der Waals surface area contributed by atoms with Crippen molar-refractivity contribution in [2.75, 3.05) is 46.0 Å². The molecule has 1 aliphatic heterocycles. The topological polar surface area (TPSA) is 84.9 Å². The van der Waals surface area contributed by atoms with Crippen LogP contribution in [0.1, 0.15) is 28.2 Å². The molecule has 0 saturated carbocycles. The molecule has 0 spiro atoms. The number of rotatable bonds is 8.